The van der Waals surface area contributed by atoms with E-state index in [-0.39, 0.29) is 12.0 Å². The molecule has 1 heterocycles. The summed E-state index contributed by atoms with van der Waals surface area (Å²) in [6, 6.07) is 11.7. The predicted molar refractivity (Wildman–Crippen MR) is 95.9 cm³/mol. The van der Waals surface area contributed by atoms with Crippen molar-refractivity contribution in [2.75, 3.05) is 5.32 Å². The molecule has 4 rings (SSSR count). The van der Waals surface area contributed by atoms with E-state index in [4.69, 9.17) is 11.6 Å². The number of carbonyl (C=O) groups is 1. The number of hydrogen-bond acceptors (Lipinski definition) is 2. The Morgan fingerprint density at radius 2 is 1.96 bits per heavy atom. The standard InChI is InChI=1S/C20H18ClNO2/c1-11-5-10-16(20(23)24)17-14-3-2-4-15(14)19(22-18(11)17)12-6-8-13(21)9-7-12/h2-3,5-10,14-15,19,22H,4H2,1H3,(H,23,24)/t14-,15-,19-/m1/s1. The van der Waals surface area contributed by atoms with Crippen molar-refractivity contribution in [2.45, 2.75) is 25.3 Å². The van der Waals surface area contributed by atoms with E-state index in [0.29, 0.717) is 11.5 Å². The zero-order chi connectivity index (χ0) is 16.8. The summed E-state index contributed by atoms with van der Waals surface area (Å²) < 4.78 is 0. The van der Waals surface area contributed by atoms with Gasteiger partial charge in [-0.25, -0.2) is 4.79 Å². The molecule has 0 saturated heterocycles. The van der Waals surface area contributed by atoms with Crippen LogP contribution in [-0.2, 0) is 0 Å². The van der Waals surface area contributed by atoms with Crippen LogP contribution in [0.15, 0.2) is 48.6 Å². The van der Waals surface area contributed by atoms with Crippen molar-refractivity contribution in [1.82, 2.24) is 0 Å². The summed E-state index contributed by atoms with van der Waals surface area (Å²) in [5, 5.41) is 13.9. The van der Waals surface area contributed by atoms with Gasteiger partial charge in [0.15, 0.2) is 0 Å². The number of carboxylic acids is 1. The van der Waals surface area contributed by atoms with Crippen LogP contribution < -0.4 is 5.32 Å². The Hall–Kier alpha value is -2.26. The van der Waals surface area contributed by atoms with Crippen LogP contribution in [0.5, 0.6) is 0 Å². The molecule has 122 valence electrons. The fourth-order valence-electron chi connectivity index (χ4n) is 4.04. The topological polar surface area (TPSA) is 49.3 Å². The quantitative estimate of drug-likeness (QED) is 0.742. The smallest absolute Gasteiger partial charge is 0.336 e. The number of aromatic carboxylic acids is 1. The van der Waals surface area contributed by atoms with E-state index in [1.165, 1.54) is 5.56 Å². The third-order valence-corrected chi connectivity index (χ3v) is 5.44. The molecule has 2 aliphatic rings. The number of halogens is 1. The van der Waals surface area contributed by atoms with Gasteiger partial charge in [-0.15, -0.1) is 0 Å². The maximum Gasteiger partial charge on any atom is 0.336 e. The Balaban J connectivity index is 1.86. The lowest BCUT2D eigenvalue weighted by atomic mass is 9.75. The van der Waals surface area contributed by atoms with E-state index in [1.54, 1.807) is 6.07 Å². The van der Waals surface area contributed by atoms with Crippen molar-refractivity contribution in [2.24, 2.45) is 5.92 Å². The Labute approximate surface area is 146 Å². The molecule has 0 amide bonds. The maximum absolute atomic E-state index is 11.7. The number of carboxylic acid groups (broad SMARTS) is 1. The second kappa shape index (κ2) is 5.67. The first-order valence-electron chi connectivity index (χ1n) is 8.11. The molecule has 3 nitrogen and oxygen atoms in total. The van der Waals surface area contributed by atoms with Gasteiger partial charge < -0.3 is 10.4 Å². The lowest BCUT2D eigenvalue weighted by molar-refractivity contribution is 0.0695. The second-order valence-corrected chi connectivity index (χ2v) is 6.99. The lowest BCUT2D eigenvalue weighted by Crippen LogP contribution is -2.31. The molecule has 3 atom stereocenters. The van der Waals surface area contributed by atoms with Crippen molar-refractivity contribution in [3.8, 4) is 0 Å². The molecule has 2 N–H and O–H groups in total. The van der Waals surface area contributed by atoms with Crippen LogP contribution in [-0.4, -0.2) is 11.1 Å². The molecule has 0 aromatic heterocycles. The van der Waals surface area contributed by atoms with Gasteiger partial charge in [0.2, 0.25) is 0 Å². The predicted octanol–water partition coefficient (Wildman–Crippen LogP) is 5.17. The molecule has 4 heteroatoms. The lowest BCUT2D eigenvalue weighted by Gasteiger charge is -2.39. The van der Waals surface area contributed by atoms with Crippen molar-refractivity contribution < 1.29 is 9.90 Å². The Morgan fingerprint density at radius 3 is 2.67 bits per heavy atom. The summed E-state index contributed by atoms with van der Waals surface area (Å²) in [7, 11) is 0. The monoisotopic (exact) mass is 339 g/mol. The minimum atomic E-state index is -0.864. The molecule has 1 aliphatic heterocycles. The molecule has 0 unspecified atom stereocenters. The van der Waals surface area contributed by atoms with E-state index >= 15 is 0 Å². The molecule has 2 aromatic carbocycles. The number of allylic oxidation sites excluding steroid dienone is 2. The van der Waals surface area contributed by atoms with E-state index in [0.717, 1.165) is 28.3 Å². The first-order valence-corrected chi connectivity index (χ1v) is 8.49. The maximum atomic E-state index is 11.7. The summed E-state index contributed by atoms with van der Waals surface area (Å²) >= 11 is 6.03. The van der Waals surface area contributed by atoms with Gasteiger partial charge in [0.25, 0.3) is 0 Å². The minimum Gasteiger partial charge on any atom is -0.478 e. The highest BCUT2D eigenvalue weighted by Crippen LogP contribution is 2.51. The third kappa shape index (κ3) is 2.31. The molecule has 1 aliphatic carbocycles. The average molecular weight is 340 g/mol. The van der Waals surface area contributed by atoms with Crippen LogP contribution in [0.2, 0.25) is 5.02 Å². The number of nitrogens with one attached hydrogen (secondary N) is 1. The highest BCUT2D eigenvalue weighted by molar-refractivity contribution is 6.30. The first kappa shape index (κ1) is 15.3. The normalized spacial score (nSPS) is 24.2. The van der Waals surface area contributed by atoms with Gasteiger partial charge in [0, 0.05) is 16.6 Å². The fraction of sp³-hybridized carbons (Fsp3) is 0.250. The Kier molecular flexibility index (Phi) is 3.61. The zero-order valence-electron chi connectivity index (χ0n) is 13.3. The van der Waals surface area contributed by atoms with Crippen LogP contribution in [0.1, 0.15) is 45.4 Å². The van der Waals surface area contributed by atoms with E-state index < -0.39 is 5.97 Å². The molecule has 0 saturated carbocycles. The summed E-state index contributed by atoms with van der Waals surface area (Å²) in [6.45, 7) is 2.02. The number of anilines is 1. The van der Waals surface area contributed by atoms with Gasteiger partial charge >= 0.3 is 5.97 Å². The van der Waals surface area contributed by atoms with Crippen LogP contribution >= 0.6 is 11.6 Å². The van der Waals surface area contributed by atoms with Gasteiger partial charge in [0.05, 0.1) is 11.6 Å². The van der Waals surface area contributed by atoms with Crippen LogP contribution in [0.4, 0.5) is 5.69 Å². The highest BCUT2D eigenvalue weighted by Gasteiger charge is 2.40. The van der Waals surface area contributed by atoms with Crippen molar-refractivity contribution in [1.29, 1.82) is 0 Å². The summed E-state index contributed by atoms with van der Waals surface area (Å²) in [5.41, 5.74) is 4.55. The molecule has 2 aromatic rings. The third-order valence-electron chi connectivity index (χ3n) is 5.19. The van der Waals surface area contributed by atoms with Gasteiger partial charge in [0.1, 0.15) is 0 Å². The Morgan fingerprint density at radius 1 is 1.21 bits per heavy atom. The number of fused-ring (bicyclic) bond motifs is 3. The van der Waals surface area contributed by atoms with E-state index in [1.807, 2.05) is 25.1 Å². The van der Waals surface area contributed by atoms with Gasteiger partial charge in [-0.3, -0.25) is 0 Å². The summed E-state index contributed by atoms with van der Waals surface area (Å²) in [6.07, 6.45) is 5.28. The fourth-order valence-corrected chi connectivity index (χ4v) is 4.17. The van der Waals surface area contributed by atoms with Gasteiger partial charge in [-0.05, 0) is 54.2 Å². The zero-order valence-corrected chi connectivity index (χ0v) is 14.0. The molecule has 0 fully saturated rings. The van der Waals surface area contributed by atoms with Gasteiger partial charge in [-0.1, -0.05) is 42.0 Å². The average Bonchev–Trinajstić information content (AvgIpc) is 3.05. The van der Waals surface area contributed by atoms with Crippen LogP contribution in [0.3, 0.4) is 0 Å². The number of hydrogen-bond donors (Lipinski definition) is 2. The van der Waals surface area contributed by atoms with Gasteiger partial charge in [-0.2, -0.15) is 0 Å². The largest absolute Gasteiger partial charge is 0.478 e. The SMILES string of the molecule is Cc1ccc(C(=O)O)c2c1N[C@H](c1ccc(Cl)cc1)[C@@H]1CC=C[C@@H]21. The molecular weight excluding hydrogens is 322 g/mol. The number of aryl methyl sites for hydroxylation is 1. The summed E-state index contributed by atoms with van der Waals surface area (Å²) in [5.74, 6) is -0.413. The first-order chi connectivity index (χ1) is 11.6. The van der Waals surface area contributed by atoms with Crippen molar-refractivity contribution >= 4 is 23.3 Å². The second-order valence-electron chi connectivity index (χ2n) is 6.55. The molecular formula is C20H18ClNO2. The van der Waals surface area contributed by atoms with E-state index in [2.05, 4.69) is 29.6 Å². The molecule has 0 spiro atoms. The molecule has 0 radical (unpaired) electrons. The van der Waals surface area contributed by atoms with E-state index in [9.17, 15) is 9.90 Å². The number of benzene rings is 2. The van der Waals surface area contributed by atoms with Crippen molar-refractivity contribution in [3.05, 3.63) is 75.8 Å². The van der Waals surface area contributed by atoms with Crippen LogP contribution in [0, 0.1) is 12.8 Å². The summed E-state index contributed by atoms with van der Waals surface area (Å²) in [4.78, 5) is 11.7. The Bertz CT molecular complexity index is 841. The molecule has 24 heavy (non-hydrogen) atoms. The number of rotatable bonds is 2. The minimum absolute atomic E-state index is 0.132. The van der Waals surface area contributed by atoms with Crippen LogP contribution in [0.25, 0.3) is 0 Å². The van der Waals surface area contributed by atoms with Crippen molar-refractivity contribution in [3.63, 3.8) is 0 Å². The molecule has 0 bridgehead atoms. The highest BCUT2D eigenvalue weighted by atomic mass is 35.5.